The molecule has 4 nitrogen and oxygen atoms in total. The first-order valence-corrected chi connectivity index (χ1v) is 4.86. The van der Waals surface area contributed by atoms with E-state index in [2.05, 4.69) is 0 Å². The summed E-state index contributed by atoms with van der Waals surface area (Å²) in [5.74, 6) is -0.565. The van der Waals surface area contributed by atoms with Crippen LogP contribution in [0.3, 0.4) is 0 Å². The maximum atomic E-state index is 12.1. The van der Waals surface area contributed by atoms with Gasteiger partial charge in [-0.15, -0.1) is 0 Å². The van der Waals surface area contributed by atoms with Gasteiger partial charge >= 0.3 is 0 Å². The Morgan fingerprint density at radius 3 is 2.65 bits per heavy atom. The number of ether oxygens (including phenoxy) is 1. The molecule has 1 aromatic rings. The molecule has 0 saturated heterocycles. The molecule has 0 aliphatic carbocycles. The van der Waals surface area contributed by atoms with E-state index >= 15 is 0 Å². The molecule has 1 aromatic carbocycles. The highest BCUT2D eigenvalue weighted by molar-refractivity contribution is 5.94. The van der Waals surface area contributed by atoms with Crippen LogP contribution in [0.25, 0.3) is 0 Å². The summed E-state index contributed by atoms with van der Waals surface area (Å²) >= 11 is 0. The van der Waals surface area contributed by atoms with Crippen LogP contribution in [0.15, 0.2) is 18.2 Å². The Labute approximate surface area is 97.4 Å². The predicted octanol–water partition coefficient (Wildman–Crippen LogP) is 1.74. The summed E-state index contributed by atoms with van der Waals surface area (Å²) in [6.45, 7) is -0.647. The van der Waals surface area contributed by atoms with Crippen LogP contribution in [0.5, 0.6) is 11.5 Å². The lowest BCUT2D eigenvalue weighted by atomic mass is 10.2. The van der Waals surface area contributed by atoms with Crippen LogP contribution < -0.4 is 4.74 Å². The van der Waals surface area contributed by atoms with Gasteiger partial charge < -0.3 is 14.7 Å². The lowest BCUT2D eigenvalue weighted by Gasteiger charge is -2.16. The van der Waals surface area contributed by atoms with Crippen molar-refractivity contribution in [3.8, 4) is 11.5 Å². The largest absolute Gasteiger partial charge is 0.504 e. The zero-order valence-electron chi connectivity index (χ0n) is 9.48. The van der Waals surface area contributed by atoms with E-state index in [1.165, 1.54) is 32.4 Å². The maximum Gasteiger partial charge on any atom is 0.255 e. The Morgan fingerprint density at radius 1 is 1.53 bits per heavy atom. The molecule has 0 heterocycles. The zero-order valence-corrected chi connectivity index (χ0v) is 9.48. The van der Waals surface area contributed by atoms with Gasteiger partial charge in [0.25, 0.3) is 12.3 Å². The molecule has 17 heavy (non-hydrogen) atoms. The highest BCUT2D eigenvalue weighted by Gasteiger charge is 2.17. The Balaban J connectivity index is 2.86. The van der Waals surface area contributed by atoms with E-state index in [4.69, 9.17) is 4.74 Å². The van der Waals surface area contributed by atoms with Gasteiger partial charge in [-0.05, 0) is 18.2 Å². The highest BCUT2D eigenvalue weighted by Crippen LogP contribution is 2.26. The number of methoxy groups -OCH3 is 1. The number of carbonyl (C=O) groups excluding carboxylic acids is 1. The van der Waals surface area contributed by atoms with Gasteiger partial charge in [0.05, 0.1) is 13.7 Å². The third-order valence-electron chi connectivity index (χ3n) is 2.18. The van der Waals surface area contributed by atoms with Crippen molar-refractivity contribution in [2.24, 2.45) is 0 Å². The fraction of sp³-hybridized carbons (Fsp3) is 0.364. The quantitative estimate of drug-likeness (QED) is 0.879. The molecule has 94 valence electrons. The lowest BCUT2D eigenvalue weighted by molar-refractivity contribution is 0.0620. The average Bonchev–Trinajstić information content (AvgIpc) is 2.27. The minimum absolute atomic E-state index is 0.131. The molecule has 0 aromatic heterocycles. The maximum absolute atomic E-state index is 12.1. The van der Waals surface area contributed by atoms with Gasteiger partial charge in [0, 0.05) is 12.6 Å². The van der Waals surface area contributed by atoms with Crippen LogP contribution in [0.2, 0.25) is 0 Å². The van der Waals surface area contributed by atoms with E-state index in [1.54, 1.807) is 0 Å². The third kappa shape index (κ3) is 3.30. The van der Waals surface area contributed by atoms with Gasteiger partial charge in [0.2, 0.25) is 0 Å². The molecule has 6 heteroatoms. The number of benzene rings is 1. The molecular weight excluding hydrogens is 232 g/mol. The summed E-state index contributed by atoms with van der Waals surface area (Å²) in [6, 6.07) is 3.99. The number of aromatic hydroxyl groups is 1. The number of alkyl halides is 2. The standard InChI is InChI=1S/C11H13F2NO3/c1-14(6-10(12)13)11(16)7-3-4-9(17-2)8(15)5-7/h3-5,10,15H,6H2,1-2H3. The molecule has 0 aliphatic rings. The number of carbonyl (C=O) groups is 1. The SMILES string of the molecule is COc1ccc(C(=O)N(C)CC(F)F)cc1O. The molecule has 0 fully saturated rings. The van der Waals surface area contributed by atoms with Crippen molar-refractivity contribution in [1.29, 1.82) is 0 Å². The molecule has 0 bridgehead atoms. The molecule has 0 unspecified atom stereocenters. The first-order valence-electron chi connectivity index (χ1n) is 4.86. The number of halogens is 2. The van der Waals surface area contributed by atoms with Crippen LogP contribution in [0.1, 0.15) is 10.4 Å². The van der Waals surface area contributed by atoms with Gasteiger partial charge in [0.1, 0.15) is 0 Å². The van der Waals surface area contributed by atoms with E-state index in [1.807, 2.05) is 0 Å². The number of phenols is 1. The Morgan fingerprint density at radius 2 is 2.18 bits per heavy atom. The zero-order chi connectivity index (χ0) is 13.0. The molecule has 0 aliphatic heterocycles. The molecule has 0 atom stereocenters. The fourth-order valence-electron chi connectivity index (χ4n) is 1.33. The van der Waals surface area contributed by atoms with E-state index < -0.39 is 18.9 Å². The van der Waals surface area contributed by atoms with Crippen LogP contribution in [0.4, 0.5) is 8.78 Å². The van der Waals surface area contributed by atoms with E-state index in [-0.39, 0.29) is 17.1 Å². The molecule has 1 amide bonds. The summed E-state index contributed by atoms with van der Waals surface area (Å²) in [4.78, 5) is 12.6. The first kappa shape index (κ1) is 13.2. The summed E-state index contributed by atoms with van der Waals surface area (Å²) in [6.07, 6.45) is -2.59. The van der Waals surface area contributed by atoms with Crippen LogP contribution in [0, 0.1) is 0 Å². The Hall–Kier alpha value is -1.85. The number of amides is 1. The number of hydrogen-bond acceptors (Lipinski definition) is 3. The topological polar surface area (TPSA) is 49.8 Å². The van der Waals surface area contributed by atoms with E-state index in [9.17, 15) is 18.7 Å². The van der Waals surface area contributed by atoms with E-state index in [0.29, 0.717) is 0 Å². The van der Waals surface area contributed by atoms with Crippen LogP contribution in [-0.4, -0.2) is 43.0 Å². The van der Waals surface area contributed by atoms with Crippen molar-refractivity contribution in [1.82, 2.24) is 4.90 Å². The normalized spacial score (nSPS) is 10.4. The van der Waals surface area contributed by atoms with Crippen molar-refractivity contribution in [2.75, 3.05) is 20.7 Å². The molecule has 0 saturated carbocycles. The second-order valence-electron chi connectivity index (χ2n) is 3.46. The van der Waals surface area contributed by atoms with Crippen molar-refractivity contribution in [3.63, 3.8) is 0 Å². The number of hydrogen-bond donors (Lipinski definition) is 1. The molecule has 1 rings (SSSR count). The van der Waals surface area contributed by atoms with E-state index in [0.717, 1.165) is 4.90 Å². The number of phenolic OH excluding ortho intramolecular Hbond substituents is 1. The minimum atomic E-state index is -2.59. The van der Waals surface area contributed by atoms with Gasteiger partial charge in [0.15, 0.2) is 11.5 Å². The van der Waals surface area contributed by atoms with Crippen molar-refractivity contribution in [2.45, 2.75) is 6.43 Å². The summed E-state index contributed by atoms with van der Waals surface area (Å²) in [7, 11) is 2.65. The second kappa shape index (κ2) is 5.47. The van der Waals surface area contributed by atoms with Crippen molar-refractivity contribution < 1.29 is 23.4 Å². The molecule has 0 spiro atoms. The molecular formula is C11H13F2NO3. The summed E-state index contributed by atoms with van der Waals surface area (Å²) in [5, 5.41) is 9.46. The van der Waals surface area contributed by atoms with Crippen molar-refractivity contribution >= 4 is 5.91 Å². The van der Waals surface area contributed by atoms with Gasteiger partial charge in [-0.3, -0.25) is 4.79 Å². The van der Waals surface area contributed by atoms with Gasteiger partial charge in [-0.25, -0.2) is 8.78 Å². The molecule has 1 N–H and O–H groups in total. The van der Waals surface area contributed by atoms with Crippen LogP contribution >= 0.6 is 0 Å². The summed E-state index contributed by atoms with van der Waals surface area (Å²) in [5.41, 5.74) is 0.131. The fourth-order valence-corrected chi connectivity index (χ4v) is 1.33. The molecule has 0 radical (unpaired) electrons. The first-order chi connectivity index (χ1) is 7.95. The average molecular weight is 245 g/mol. The lowest BCUT2D eigenvalue weighted by Crippen LogP contribution is -2.31. The smallest absolute Gasteiger partial charge is 0.255 e. The number of nitrogens with zero attached hydrogens (tertiary/aromatic N) is 1. The summed E-state index contributed by atoms with van der Waals surface area (Å²) < 4.78 is 29.0. The van der Waals surface area contributed by atoms with Crippen LogP contribution in [-0.2, 0) is 0 Å². The minimum Gasteiger partial charge on any atom is -0.504 e. The monoisotopic (exact) mass is 245 g/mol. The number of rotatable bonds is 4. The second-order valence-corrected chi connectivity index (χ2v) is 3.46. The Kier molecular flexibility index (Phi) is 4.25. The third-order valence-corrected chi connectivity index (χ3v) is 2.18. The highest BCUT2D eigenvalue weighted by atomic mass is 19.3. The predicted molar refractivity (Wildman–Crippen MR) is 57.6 cm³/mol. The van der Waals surface area contributed by atoms with Gasteiger partial charge in [-0.2, -0.15) is 0 Å². The van der Waals surface area contributed by atoms with Crippen molar-refractivity contribution in [3.05, 3.63) is 23.8 Å². The Bertz CT molecular complexity index is 410. The van der Waals surface area contributed by atoms with Gasteiger partial charge in [-0.1, -0.05) is 0 Å².